The van der Waals surface area contributed by atoms with Crippen LogP contribution in [-0.2, 0) is 10.9 Å². The monoisotopic (exact) mass is 412 g/mol. The summed E-state index contributed by atoms with van der Waals surface area (Å²) in [5, 5.41) is 1.91. The third kappa shape index (κ3) is 3.71. The first-order valence-electron chi connectivity index (χ1n) is 7.98. The number of anilines is 1. The molecule has 1 amide bonds. The van der Waals surface area contributed by atoms with Crippen molar-refractivity contribution < 1.29 is 40.6 Å². The van der Waals surface area contributed by atoms with Crippen molar-refractivity contribution in [2.75, 3.05) is 5.32 Å². The number of ether oxygens (including phenoxy) is 2. The number of halogens is 5. The molecule has 0 atom stereocenters. The average molecular weight is 412 g/mol. The summed E-state index contributed by atoms with van der Waals surface area (Å²) in [4.78, 5) is 15.3. The molecule has 0 bridgehead atoms. The van der Waals surface area contributed by atoms with Crippen LogP contribution < -0.4 is 10.1 Å². The molecule has 29 heavy (non-hydrogen) atoms. The molecule has 6 nitrogen and oxygen atoms in total. The summed E-state index contributed by atoms with van der Waals surface area (Å²) in [5.74, 6) is -0.995. The van der Waals surface area contributed by atoms with Crippen LogP contribution in [0.2, 0.25) is 0 Å². The van der Waals surface area contributed by atoms with Crippen molar-refractivity contribution >= 4 is 12.1 Å². The molecule has 1 aliphatic heterocycles. The molecular weight excluding hydrogens is 403 g/mol. The lowest BCUT2D eigenvalue weighted by molar-refractivity contribution is -0.141. The largest absolute Gasteiger partial charge is 0.456 e. The third-order valence-electron chi connectivity index (χ3n) is 3.96. The number of hydrogen-bond acceptors (Lipinski definition) is 5. The smallest absolute Gasteiger partial charge is 0.436 e. The maximum Gasteiger partial charge on any atom is 0.436 e. The molecule has 150 valence electrons. The molecule has 1 N–H and O–H groups in total. The van der Waals surface area contributed by atoms with E-state index in [0.717, 1.165) is 24.3 Å². The summed E-state index contributed by atoms with van der Waals surface area (Å²) >= 11 is 0. The number of fused-ring (bicyclic) bond motifs is 2. The fourth-order valence-electron chi connectivity index (χ4n) is 2.73. The molecule has 0 radical (unpaired) electrons. The Balaban J connectivity index is 1.62. The molecule has 1 aromatic heterocycles. The molecular formula is C18H9F5N2O4. The van der Waals surface area contributed by atoms with Crippen molar-refractivity contribution in [1.29, 1.82) is 0 Å². The van der Waals surface area contributed by atoms with Crippen LogP contribution >= 0.6 is 0 Å². The van der Waals surface area contributed by atoms with E-state index in [0.29, 0.717) is 6.26 Å². The van der Waals surface area contributed by atoms with Gasteiger partial charge >= 0.3 is 18.3 Å². The van der Waals surface area contributed by atoms with Crippen molar-refractivity contribution in [3.63, 3.8) is 0 Å². The Kier molecular flexibility index (Phi) is 4.36. The van der Waals surface area contributed by atoms with Crippen LogP contribution in [0.4, 0.5) is 32.8 Å². The minimum Gasteiger partial charge on any atom is -0.456 e. The van der Waals surface area contributed by atoms with Crippen LogP contribution in [0.5, 0.6) is 11.5 Å². The van der Waals surface area contributed by atoms with Gasteiger partial charge in [0.05, 0.1) is 0 Å². The topological polar surface area (TPSA) is 73.6 Å². The van der Waals surface area contributed by atoms with E-state index in [-0.39, 0.29) is 22.6 Å². The molecule has 11 heteroatoms. The van der Waals surface area contributed by atoms with E-state index in [1.54, 1.807) is 0 Å². The number of aromatic nitrogens is 1. The van der Waals surface area contributed by atoms with E-state index in [1.807, 2.05) is 5.32 Å². The van der Waals surface area contributed by atoms with Gasteiger partial charge in [0.25, 0.3) is 0 Å². The normalized spacial score (nSPS) is 13.3. The molecule has 3 aromatic rings. The zero-order valence-corrected chi connectivity index (χ0v) is 14.1. The first-order valence-corrected chi connectivity index (χ1v) is 7.98. The van der Waals surface area contributed by atoms with E-state index in [2.05, 4.69) is 9.40 Å². The van der Waals surface area contributed by atoms with Crippen LogP contribution in [0.1, 0.15) is 22.9 Å². The van der Waals surface area contributed by atoms with Gasteiger partial charge in [-0.05, 0) is 36.4 Å². The quantitative estimate of drug-likeness (QED) is 0.570. The highest BCUT2D eigenvalue weighted by molar-refractivity contribution is 5.82. The maximum atomic E-state index is 13.7. The van der Waals surface area contributed by atoms with E-state index >= 15 is 0 Å². The summed E-state index contributed by atoms with van der Waals surface area (Å²) < 4.78 is 80.4. The molecule has 0 saturated heterocycles. The van der Waals surface area contributed by atoms with Crippen molar-refractivity contribution in [2.24, 2.45) is 0 Å². The fraction of sp³-hybridized carbons (Fsp3) is 0.111. The Bertz CT molecular complexity index is 1040. The molecule has 0 saturated carbocycles. The number of oxazole rings is 1. The van der Waals surface area contributed by atoms with Crippen LogP contribution in [0.15, 0.2) is 47.1 Å². The highest BCUT2D eigenvalue weighted by atomic mass is 19.4. The van der Waals surface area contributed by atoms with Crippen molar-refractivity contribution in [3.05, 3.63) is 71.1 Å². The highest BCUT2D eigenvalue weighted by Crippen LogP contribution is 2.45. The molecule has 2 heterocycles. The minimum absolute atomic E-state index is 0.0848. The van der Waals surface area contributed by atoms with E-state index < -0.39 is 41.7 Å². The Hall–Kier alpha value is -3.63. The fourth-order valence-corrected chi connectivity index (χ4v) is 2.73. The second kappa shape index (κ2) is 6.76. The Morgan fingerprint density at radius 1 is 1.03 bits per heavy atom. The second-order valence-corrected chi connectivity index (χ2v) is 5.91. The second-order valence-electron chi connectivity index (χ2n) is 5.91. The molecule has 4 rings (SSSR count). The van der Waals surface area contributed by atoms with Gasteiger partial charge in [-0.1, -0.05) is 0 Å². The van der Waals surface area contributed by atoms with Gasteiger partial charge in [-0.25, -0.2) is 18.9 Å². The number of hydrogen-bond donors (Lipinski definition) is 1. The number of amides is 1. The van der Waals surface area contributed by atoms with Crippen LogP contribution in [0.3, 0.4) is 0 Å². The third-order valence-corrected chi connectivity index (χ3v) is 3.96. The van der Waals surface area contributed by atoms with Crippen molar-refractivity contribution in [1.82, 2.24) is 4.98 Å². The predicted octanol–water partition coefficient (Wildman–Crippen LogP) is 5.42. The van der Waals surface area contributed by atoms with E-state index in [9.17, 15) is 26.7 Å². The summed E-state index contributed by atoms with van der Waals surface area (Å²) in [6.45, 7) is 0. The number of nitrogens with one attached hydrogen (secondary N) is 1. The van der Waals surface area contributed by atoms with E-state index in [4.69, 9.17) is 9.47 Å². The summed E-state index contributed by atoms with van der Waals surface area (Å²) in [6, 6.07) is 6.16. The molecule has 0 unspecified atom stereocenters. The standard InChI is InChI=1S/C18H9F5N2O4/c19-8-1-3-12-10(5-8)15(11-6-9(20)2-4-13(11)28-12)29-17(26)25-16-24-14(7-27-16)18(21,22)23/h1-7,15H,(H,24,25,26). The summed E-state index contributed by atoms with van der Waals surface area (Å²) in [5.41, 5.74) is -1.18. The minimum atomic E-state index is -4.76. The number of benzene rings is 2. The molecule has 2 aromatic carbocycles. The molecule has 1 aliphatic rings. The van der Waals surface area contributed by atoms with Gasteiger partial charge < -0.3 is 13.9 Å². The van der Waals surface area contributed by atoms with E-state index in [1.165, 1.54) is 12.1 Å². The van der Waals surface area contributed by atoms with Crippen LogP contribution in [0.25, 0.3) is 0 Å². The van der Waals surface area contributed by atoms with Crippen LogP contribution in [0, 0.1) is 11.6 Å². The molecule has 0 aliphatic carbocycles. The van der Waals surface area contributed by atoms with Gasteiger partial charge in [-0.2, -0.15) is 18.2 Å². The van der Waals surface area contributed by atoms with Gasteiger partial charge in [0, 0.05) is 11.1 Å². The first kappa shape index (κ1) is 18.7. The Morgan fingerprint density at radius 2 is 1.62 bits per heavy atom. The summed E-state index contributed by atoms with van der Waals surface area (Å²) in [6.07, 6.45) is -6.99. The number of nitrogens with zero attached hydrogens (tertiary/aromatic N) is 1. The first-order chi connectivity index (χ1) is 13.7. The SMILES string of the molecule is O=C(Nc1nc(C(F)(F)F)co1)OC1c2cc(F)ccc2Oc2ccc(F)cc21. The van der Waals surface area contributed by atoms with Gasteiger partial charge in [0.2, 0.25) is 0 Å². The zero-order chi connectivity index (χ0) is 20.8. The highest BCUT2D eigenvalue weighted by Gasteiger charge is 2.36. The van der Waals surface area contributed by atoms with Gasteiger partial charge in [0.15, 0.2) is 11.8 Å². The van der Waals surface area contributed by atoms with Crippen molar-refractivity contribution in [3.8, 4) is 11.5 Å². The van der Waals surface area contributed by atoms with Gasteiger partial charge in [0.1, 0.15) is 29.4 Å². The lowest BCUT2D eigenvalue weighted by Crippen LogP contribution is -2.21. The molecule has 0 spiro atoms. The van der Waals surface area contributed by atoms with Crippen molar-refractivity contribution in [2.45, 2.75) is 12.3 Å². The molecule has 0 fully saturated rings. The number of carbonyl (C=O) groups excluding carboxylic acids is 1. The Morgan fingerprint density at radius 3 is 2.14 bits per heavy atom. The zero-order valence-electron chi connectivity index (χ0n) is 14.1. The van der Waals surface area contributed by atoms with Gasteiger partial charge in [-0.3, -0.25) is 0 Å². The number of carbonyl (C=O) groups is 1. The predicted molar refractivity (Wildman–Crippen MR) is 86.3 cm³/mol. The Labute approximate surface area is 158 Å². The summed E-state index contributed by atoms with van der Waals surface area (Å²) in [7, 11) is 0. The maximum absolute atomic E-state index is 13.7. The lowest BCUT2D eigenvalue weighted by Gasteiger charge is -2.27. The lowest BCUT2D eigenvalue weighted by atomic mass is 9.97. The van der Waals surface area contributed by atoms with Gasteiger partial charge in [-0.15, -0.1) is 0 Å². The van der Waals surface area contributed by atoms with Crippen LogP contribution in [-0.4, -0.2) is 11.1 Å². The average Bonchev–Trinajstić information content (AvgIpc) is 3.11. The number of rotatable bonds is 2. The number of alkyl halides is 3.